The molecule has 1 aromatic carbocycles. The van der Waals surface area contributed by atoms with Crippen molar-refractivity contribution in [3.63, 3.8) is 0 Å². The van der Waals surface area contributed by atoms with E-state index in [1.807, 2.05) is 13.0 Å². The number of nitrogens with one attached hydrogen (secondary N) is 1. The molecule has 1 N–H and O–H groups in total. The van der Waals surface area contributed by atoms with Gasteiger partial charge in [0.1, 0.15) is 0 Å². The lowest BCUT2D eigenvalue weighted by Gasteiger charge is -2.07. The molecular weight excluding hydrogens is 386 g/mol. The quantitative estimate of drug-likeness (QED) is 0.542. The van der Waals surface area contributed by atoms with Gasteiger partial charge in [-0.1, -0.05) is 17.7 Å². The molecule has 0 bridgehead atoms. The zero-order valence-corrected chi connectivity index (χ0v) is 15.7. The molecule has 0 saturated heterocycles. The van der Waals surface area contributed by atoms with Gasteiger partial charge in [-0.15, -0.1) is 11.3 Å². The van der Waals surface area contributed by atoms with Crippen LogP contribution in [0.1, 0.15) is 21.0 Å². The molecule has 0 spiro atoms. The molecule has 0 amide bonds. The minimum atomic E-state index is -3.76. The summed E-state index contributed by atoms with van der Waals surface area (Å²) in [6.45, 7) is 1.37. The number of sulfonamides is 1. The predicted octanol–water partition coefficient (Wildman–Crippen LogP) is 2.80. The second-order valence-corrected chi connectivity index (χ2v) is 8.59. The maximum Gasteiger partial charge on any atom is 0.307 e. The van der Waals surface area contributed by atoms with Crippen molar-refractivity contribution in [2.45, 2.75) is 18.2 Å². The largest absolute Gasteiger partial charge is 0.457 e. The van der Waals surface area contributed by atoms with Crippen LogP contribution >= 0.6 is 22.9 Å². The third-order valence-corrected chi connectivity index (χ3v) is 5.84. The monoisotopic (exact) mass is 401 g/mol. The number of esters is 1. The van der Waals surface area contributed by atoms with Crippen molar-refractivity contribution in [2.75, 3.05) is 13.2 Å². The van der Waals surface area contributed by atoms with Gasteiger partial charge in [0.2, 0.25) is 15.8 Å². The molecule has 9 heteroatoms. The summed E-state index contributed by atoms with van der Waals surface area (Å²) < 4.78 is 31.2. The molecule has 2 aromatic rings. The molecule has 2 rings (SSSR count). The van der Waals surface area contributed by atoms with Crippen molar-refractivity contribution in [3.05, 3.63) is 51.2 Å². The van der Waals surface area contributed by atoms with E-state index >= 15 is 0 Å². The summed E-state index contributed by atoms with van der Waals surface area (Å²) in [6, 6.07) is 9.27. The lowest BCUT2D eigenvalue weighted by atomic mass is 10.3. The molecule has 0 saturated carbocycles. The number of Topliss-reactive ketones (excluding diaryl/α,β-unsaturated/α-hetero) is 1. The molecule has 0 aliphatic carbocycles. The van der Waals surface area contributed by atoms with E-state index in [4.69, 9.17) is 16.3 Å². The first-order valence-corrected chi connectivity index (χ1v) is 9.96. The molecule has 0 radical (unpaired) electrons. The minimum Gasteiger partial charge on any atom is -0.457 e. The van der Waals surface area contributed by atoms with E-state index < -0.39 is 16.0 Å². The first-order valence-electron chi connectivity index (χ1n) is 7.28. The Morgan fingerprint density at radius 2 is 2.00 bits per heavy atom. The normalized spacial score (nSPS) is 11.3. The third kappa shape index (κ3) is 5.93. The highest BCUT2D eigenvalue weighted by molar-refractivity contribution is 7.89. The van der Waals surface area contributed by atoms with E-state index in [1.54, 1.807) is 12.1 Å². The van der Waals surface area contributed by atoms with E-state index in [0.29, 0.717) is 9.90 Å². The maximum atomic E-state index is 12.0. The Balaban J connectivity index is 1.77. The Bertz CT molecular complexity index is 876. The number of hydrogen-bond donors (Lipinski definition) is 1. The van der Waals surface area contributed by atoms with Gasteiger partial charge in [-0.3, -0.25) is 9.59 Å². The molecule has 0 aliphatic rings. The SMILES string of the molecule is Cc1ccc(C(=O)COC(=O)CCNS(=O)(=O)c2cccc(Cl)c2)s1. The summed E-state index contributed by atoms with van der Waals surface area (Å²) in [6.07, 6.45) is -0.184. The number of benzene rings is 1. The van der Waals surface area contributed by atoms with Crippen LogP contribution in [-0.2, 0) is 19.6 Å². The smallest absolute Gasteiger partial charge is 0.307 e. The van der Waals surface area contributed by atoms with Crippen molar-refractivity contribution in [1.29, 1.82) is 0 Å². The maximum absolute atomic E-state index is 12.0. The number of thiophene rings is 1. The average Bonchev–Trinajstić information content (AvgIpc) is 2.99. The van der Waals surface area contributed by atoms with Crippen LogP contribution in [0.15, 0.2) is 41.3 Å². The Labute approximate surface area is 154 Å². The topological polar surface area (TPSA) is 89.5 Å². The van der Waals surface area contributed by atoms with E-state index in [-0.39, 0.29) is 30.3 Å². The number of carbonyl (C=O) groups excluding carboxylic acids is 2. The van der Waals surface area contributed by atoms with Crippen molar-refractivity contribution < 1.29 is 22.7 Å². The van der Waals surface area contributed by atoms with Gasteiger partial charge < -0.3 is 4.74 Å². The number of halogens is 1. The Hall–Kier alpha value is -1.74. The van der Waals surface area contributed by atoms with E-state index in [1.165, 1.54) is 29.5 Å². The van der Waals surface area contributed by atoms with Gasteiger partial charge in [-0.05, 0) is 37.3 Å². The fourth-order valence-electron chi connectivity index (χ4n) is 1.88. The number of rotatable bonds is 8. The molecule has 134 valence electrons. The van der Waals surface area contributed by atoms with Gasteiger partial charge in [0.25, 0.3) is 0 Å². The number of hydrogen-bond acceptors (Lipinski definition) is 6. The zero-order chi connectivity index (χ0) is 18.4. The van der Waals surface area contributed by atoms with Crippen molar-refractivity contribution in [2.24, 2.45) is 0 Å². The highest BCUT2D eigenvalue weighted by Gasteiger charge is 2.16. The van der Waals surface area contributed by atoms with Crippen LogP contribution < -0.4 is 4.72 Å². The second kappa shape index (κ2) is 8.57. The Kier molecular flexibility index (Phi) is 6.71. The van der Waals surface area contributed by atoms with Gasteiger partial charge in [0.05, 0.1) is 16.2 Å². The number of carbonyl (C=O) groups is 2. The van der Waals surface area contributed by atoms with Crippen molar-refractivity contribution in [1.82, 2.24) is 4.72 Å². The molecule has 1 aromatic heterocycles. The number of aryl methyl sites for hydroxylation is 1. The van der Waals surface area contributed by atoms with Crippen LogP contribution in [0.4, 0.5) is 0 Å². The first kappa shape index (κ1) is 19.6. The molecule has 0 fully saturated rings. The molecule has 0 atom stereocenters. The summed E-state index contributed by atoms with van der Waals surface area (Å²) in [5, 5.41) is 0.296. The molecule has 0 aliphatic heterocycles. The summed E-state index contributed by atoms with van der Waals surface area (Å²) in [5.74, 6) is -0.943. The van der Waals surface area contributed by atoms with Gasteiger partial charge >= 0.3 is 5.97 Å². The zero-order valence-electron chi connectivity index (χ0n) is 13.3. The number of ketones is 1. The summed E-state index contributed by atoms with van der Waals surface area (Å²) >= 11 is 7.09. The highest BCUT2D eigenvalue weighted by Crippen LogP contribution is 2.16. The van der Waals surface area contributed by atoms with Gasteiger partial charge in [0, 0.05) is 16.4 Å². The molecule has 1 heterocycles. The highest BCUT2D eigenvalue weighted by atomic mass is 35.5. The second-order valence-electron chi connectivity index (χ2n) is 5.10. The minimum absolute atomic E-state index is 0.0108. The Morgan fingerprint density at radius 3 is 2.64 bits per heavy atom. The average molecular weight is 402 g/mol. The van der Waals surface area contributed by atoms with Gasteiger partial charge in [-0.25, -0.2) is 13.1 Å². The summed E-state index contributed by atoms with van der Waals surface area (Å²) in [7, 11) is -3.76. The van der Waals surface area contributed by atoms with Crippen LogP contribution in [0.25, 0.3) is 0 Å². The molecular formula is C16H16ClNO5S2. The lowest BCUT2D eigenvalue weighted by molar-refractivity contribution is -0.142. The van der Waals surface area contributed by atoms with Gasteiger partial charge in [0.15, 0.2) is 6.61 Å². The van der Waals surface area contributed by atoms with Crippen LogP contribution in [0.3, 0.4) is 0 Å². The van der Waals surface area contributed by atoms with Crippen LogP contribution in [0, 0.1) is 6.92 Å². The van der Waals surface area contributed by atoms with Crippen molar-refractivity contribution in [3.8, 4) is 0 Å². The standard InChI is InChI=1S/C16H16ClNO5S2/c1-11-5-6-15(24-11)14(19)10-23-16(20)7-8-18-25(21,22)13-4-2-3-12(17)9-13/h2-6,9,18H,7-8,10H2,1H3. The lowest BCUT2D eigenvalue weighted by Crippen LogP contribution is -2.27. The molecule has 6 nitrogen and oxygen atoms in total. The fourth-order valence-corrected chi connectivity index (χ4v) is 4.00. The summed E-state index contributed by atoms with van der Waals surface area (Å²) in [4.78, 5) is 25.0. The fraction of sp³-hybridized carbons (Fsp3) is 0.250. The number of ether oxygens (including phenoxy) is 1. The molecule has 25 heavy (non-hydrogen) atoms. The van der Waals surface area contributed by atoms with Crippen LogP contribution in [0.5, 0.6) is 0 Å². The van der Waals surface area contributed by atoms with Crippen LogP contribution in [-0.4, -0.2) is 33.3 Å². The van der Waals surface area contributed by atoms with Crippen molar-refractivity contribution >= 4 is 44.7 Å². The van der Waals surface area contributed by atoms with E-state index in [9.17, 15) is 18.0 Å². The van der Waals surface area contributed by atoms with E-state index in [2.05, 4.69) is 4.72 Å². The predicted molar refractivity (Wildman–Crippen MR) is 95.6 cm³/mol. The summed E-state index contributed by atoms with van der Waals surface area (Å²) in [5.41, 5.74) is 0. The van der Waals surface area contributed by atoms with Crippen LogP contribution in [0.2, 0.25) is 5.02 Å². The molecule has 0 unspecified atom stereocenters. The first-order chi connectivity index (χ1) is 11.8. The van der Waals surface area contributed by atoms with E-state index in [0.717, 1.165) is 4.88 Å². The Morgan fingerprint density at radius 1 is 1.24 bits per heavy atom. The van der Waals surface area contributed by atoms with Gasteiger partial charge in [-0.2, -0.15) is 0 Å². The third-order valence-electron chi connectivity index (χ3n) is 3.11.